The van der Waals surface area contributed by atoms with Gasteiger partial charge in [-0.15, -0.1) is 0 Å². The van der Waals surface area contributed by atoms with Gasteiger partial charge in [0.1, 0.15) is 5.82 Å². The molecule has 4 nitrogen and oxygen atoms in total. The van der Waals surface area contributed by atoms with Crippen LogP contribution < -0.4 is 10.6 Å². The quantitative estimate of drug-likeness (QED) is 0.912. The van der Waals surface area contributed by atoms with Crippen molar-refractivity contribution < 1.29 is 0 Å². The summed E-state index contributed by atoms with van der Waals surface area (Å²) in [4.78, 5) is 10.8. The topological polar surface area (TPSA) is 55.0 Å². The molecule has 0 aromatic carbocycles. The Morgan fingerprint density at radius 2 is 2.16 bits per heavy atom. The van der Waals surface area contributed by atoms with Gasteiger partial charge in [0.2, 0.25) is 0 Å². The van der Waals surface area contributed by atoms with Crippen molar-refractivity contribution in [1.82, 2.24) is 9.97 Å². The molecule has 0 radical (unpaired) electrons. The fraction of sp³-hybridized carbons (Fsp3) is 0.286. The van der Waals surface area contributed by atoms with Crippen LogP contribution >= 0.6 is 11.6 Å². The number of hydrogen-bond donors (Lipinski definition) is 1. The van der Waals surface area contributed by atoms with Crippen molar-refractivity contribution in [2.24, 2.45) is 5.73 Å². The second-order valence-electron chi connectivity index (χ2n) is 4.17. The Morgan fingerprint density at radius 3 is 2.79 bits per heavy atom. The number of nitrogens with two attached hydrogens (primary N) is 1. The van der Waals surface area contributed by atoms with E-state index >= 15 is 0 Å². The van der Waals surface area contributed by atoms with E-state index in [1.165, 1.54) is 0 Å². The number of pyridine rings is 2. The molecule has 100 valence electrons. The van der Waals surface area contributed by atoms with Crippen LogP contribution in [0.3, 0.4) is 0 Å². The minimum Gasteiger partial charge on any atom is -0.351 e. The van der Waals surface area contributed by atoms with Crippen LogP contribution in [0.15, 0.2) is 36.7 Å². The van der Waals surface area contributed by atoms with Gasteiger partial charge in [-0.25, -0.2) is 4.98 Å². The van der Waals surface area contributed by atoms with Crippen molar-refractivity contribution in [3.8, 4) is 0 Å². The summed E-state index contributed by atoms with van der Waals surface area (Å²) in [5, 5.41) is 0.611. The van der Waals surface area contributed by atoms with Gasteiger partial charge in [0.25, 0.3) is 0 Å². The lowest BCUT2D eigenvalue weighted by Crippen LogP contribution is -2.23. The molecule has 0 aliphatic carbocycles. The highest BCUT2D eigenvalue weighted by Gasteiger charge is 2.09. The standard InChI is InChI=1S/C14H17ClN4/c1-2-19(10-12-5-3-4-6-17-12)14-7-11(8-16)13(15)9-18-14/h3-7,9H,2,8,10,16H2,1H3. The molecule has 0 bridgehead atoms. The lowest BCUT2D eigenvalue weighted by molar-refractivity contribution is 0.792. The van der Waals surface area contributed by atoms with E-state index in [0.717, 1.165) is 30.2 Å². The summed E-state index contributed by atoms with van der Waals surface area (Å²) >= 11 is 6.03. The number of aromatic nitrogens is 2. The molecule has 0 unspecified atom stereocenters. The van der Waals surface area contributed by atoms with Crippen LogP contribution in [-0.4, -0.2) is 16.5 Å². The summed E-state index contributed by atoms with van der Waals surface area (Å²) in [6, 6.07) is 7.83. The number of anilines is 1. The third kappa shape index (κ3) is 3.43. The summed E-state index contributed by atoms with van der Waals surface area (Å²) in [6.45, 7) is 4.06. The Kier molecular flexibility index (Phi) is 4.71. The molecular formula is C14H17ClN4. The number of rotatable bonds is 5. The van der Waals surface area contributed by atoms with E-state index in [1.807, 2.05) is 24.3 Å². The minimum absolute atomic E-state index is 0.412. The zero-order valence-electron chi connectivity index (χ0n) is 10.9. The molecule has 0 spiro atoms. The van der Waals surface area contributed by atoms with Crippen LogP contribution in [0.1, 0.15) is 18.2 Å². The molecule has 0 saturated heterocycles. The first-order valence-corrected chi connectivity index (χ1v) is 6.61. The molecule has 2 heterocycles. The Labute approximate surface area is 118 Å². The van der Waals surface area contributed by atoms with Gasteiger partial charge in [-0.05, 0) is 30.7 Å². The van der Waals surface area contributed by atoms with Crippen LogP contribution in [-0.2, 0) is 13.1 Å². The monoisotopic (exact) mass is 276 g/mol. The van der Waals surface area contributed by atoms with Gasteiger partial charge in [0.05, 0.1) is 17.3 Å². The Hall–Kier alpha value is -1.65. The van der Waals surface area contributed by atoms with Crippen molar-refractivity contribution in [3.63, 3.8) is 0 Å². The van der Waals surface area contributed by atoms with Gasteiger partial charge in [-0.1, -0.05) is 17.7 Å². The third-order valence-corrected chi connectivity index (χ3v) is 3.27. The van der Waals surface area contributed by atoms with Crippen molar-refractivity contribution in [2.75, 3.05) is 11.4 Å². The van der Waals surface area contributed by atoms with Crippen LogP contribution in [0.2, 0.25) is 5.02 Å². The summed E-state index contributed by atoms with van der Waals surface area (Å²) in [5.41, 5.74) is 7.59. The van der Waals surface area contributed by atoms with E-state index in [9.17, 15) is 0 Å². The number of nitrogens with zero attached hydrogens (tertiary/aromatic N) is 3. The molecule has 0 amide bonds. The average molecular weight is 277 g/mol. The molecule has 0 aliphatic heterocycles. The zero-order chi connectivity index (χ0) is 13.7. The van der Waals surface area contributed by atoms with Crippen LogP contribution in [0, 0.1) is 0 Å². The van der Waals surface area contributed by atoms with Crippen molar-refractivity contribution in [1.29, 1.82) is 0 Å². The predicted molar refractivity (Wildman–Crippen MR) is 78.1 cm³/mol. The lowest BCUT2D eigenvalue weighted by Gasteiger charge is -2.22. The van der Waals surface area contributed by atoms with Crippen molar-refractivity contribution in [3.05, 3.63) is 52.9 Å². The van der Waals surface area contributed by atoms with Crippen LogP contribution in [0.5, 0.6) is 0 Å². The summed E-state index contributed by atoms with van der Waals surface area (Å²) in [6.07, 6.45) is 3.45. The number of halogens is 1. The van der Waals surface area contributed by atoms with Crippen molar-refractivity contribution in [2.45, 2.75) is 20.0 Å². The van der Waals surface area contributed by atoms with E-state index in [1.54, 1.807) is 12.4 Å². The van der Waals surface area contributed by atoms with Crippen molar-refractivity contribution >= 4 is 17.4 Å². The summed E-state index contributed by atoms with van der Waals surface area (Å²) in [7, 11) is 0. The third-order valence-electron chi connectivity index (χ3n) is 2.92. The van der Waals surface area contributed by atoms with E-state index in [4.69, 9.17) is 17.3 Å². The molecular weight excluding hydrogens is 260 g/mol. The first-order chi connectivity index (χ1) is 9.24. The van der Waals surface area contributed by atoms with Gasteiger partial charge in [-0.3, -0.25) is 4.98 Å². The Morgan fingerprint density at radius 1 is 1.32 bits per heavy atom. The maximum Gasteiger partial charge on any atom is 0.129 e. The number of hydrogen-bond acceptors (Lipinski definition) is 4. The molecule has 0 fully saturated rings. The molecule has 5 heteroatoms. The smallest absolute Gasteiger partial charge is 0.129 e. The predicted octanol–water partition coefficient (Wildman–Crippen LogP) is 2.62. The first kappa shape index (κ1) is 13.8. The highest BCUT2D eigenvalue weighted by atomic mass is 35.5. The summed E-state index contributed by atoms with van der Waals surface area (Å²) in [5.74, 6) is 0.873. The van der Waals surface area contributed by atoms with Gasteiger partial charge in [0, 0.05) is 25.5 Å². The first-order valence-electron chi connectivity index (χ1n) is 6.24. The van der Waals surface area contributed by atoms with E-state index in [-0.39, 0.29) is 0 Å². The molecule has 0 aliphatic rings. The molecule has 0 saturated carbocycles. The highest BCUT2D eigenvalue weighted by molar-refractivity contribution is 6.31. The normalized spacial score (nSPS) is 10.5. The van der Waals surface area contributed by atoms with Gasteiger partial charge < -0.3 is 10.6 Å². The fourth-order valence-electron chi connectivity index (χ4n) is 1.84. The van der Waals surface area contributed by atoms with E-state index in [0.29, 0.717) is 11.6 Å². The molecule has 19 heavy (non-hydrogen) atoms. The maximum absolute atomic E-state index is 6.03. The molecule has 2 N–H and O–H groups in total. The molecule has 2 rings (SSSR count). The molecule has 2 aromatic heterocycles. The van der Waals surface area contributed by atoms with Crippen LogP contribution in [0.4, 0.5) is 5.82 Å². The highest BCUT2D eigenvalue weighted by Crippen LogP contribution is 2.21. The second-order valence-corrected chi connectivity index (χ2v) is 4.58. The molecule has 0 atom stereocenters. The van der Waals surface area contributed by atoms with Crippen LogP contribution in [0.25, 0.3) is 0 Å². The largest absolute Gasteiger partial charge is 0.351 e. The SMILES string of the molecule is CCN(Cc1ccccn1)c1cc(CN)c(Cl)cn1. The fourth-order valence-corrected chi connectivity index (χ4v) is 2.02. The van der Waals surface area contributed by atoms with Gasteiger partial charge in [-0.2, -0.15) is 0 Å². The maximum atomic E-state index is 6.03. The minimum atomic E-state index is 0.412. The lowest BCUT2D eigenvalue weighted by atomic mass is 10.2. The second kappa shape index (κ2) is 6.50. The average Bonchev–Trinajstić information content (AvgIpc) is 2.46. The van der Waals surface area contributed by atoms with E-state index < -0.39 is 0 Å². The zero-order valence-corrected chi connectivity index (χ0v) is 11.6. The van der Waals surface area contributed by atoms with Gasteiger partial charge in [0.15, 0.2) is 0 Å². The Balaban J connectivity index is 2.22. The van der Waals surface area contributed by atoms with E-state index in [2.05, 4.69) is 21.8 Å². The Bertz CT molecular complexity index is 530. The van der Waals surface area contributed by atoms with Gasteiger partial charge >= 0.3 is 0 Å². The molecule has 2 aromatic rings. The summed E-state index contributed by atoms with van der Waals surface area (Å²) < 4.78 is 0.